The van der Waals surface area contributed by atoms with Crippen molar-refractivity contribution in [2.24, 2.45) is 5.10 Å². The molecule has 0 fully saturated rings. The second kappa shape index (κ2) is 6.13. The van der Waals surface area contributed by atoms with Crippen LogP contribution < -0.4 is 4.90 Å². The van der Waals surface area contributed by atoms with Crippen molar-refractivity contribution in [2.45, 2.75) is 5.16 Å². The number of nitrogens with zero attached hydrogens (tertiary/aromatic N) is 5. The van der Waals surface area contributed by atoms with Crippen molar-refractivity contribution in [3.8, 4) is 11.4 Å². The lowest BCUT2D eigenvalue weighted by Crippen LogP contribution is -2.13. The zero-order valence-corrected chi connectivity index (χ0v) is 14.4. The molecule has 0 radical (unpaired) electrons. The van der Waals surface area contributed by atoms with E-state index in [9.17, 15) is 0 Å². The summed E-state index contributed by atoms with van der Waals surface area (Å²) in [6.45, 7) is 0. The molecule has 24 heavy (non-hydrogen) atoms. The van der Waals surface area contributed by atoms with Crippen LogP contribution in [0.25, 0.3) is 11.4 Å². The maximum absolute atomic E-state index is 4.79. The SMILES string of the molecule is CN(C)c1ccc(-c2nnc3n2N=C(c2ccccc2)CS3)cc1. The van der Waals surface area contributed by atoms with Gasteiger partial charge in [0.05, 0.1) is 5.71 Å². The highest BCUT2D eigenvalue weighted by molar-refractivity contribution is 7.99. The Morgan fingerprint density at radius 1 is 0.917 bits per heavy atom. The minimum absolute atomic E-state index is 0.774. The van der Waals surface area contributed by atoms with Crippen molar-refractivity contribution in [3.63, 3.8) is 0 Å². The molecule has 2 heterocycles. The van der Waals surface area contributed by atoms with Crippen LogP contribution in [0.3, 0.4) is 0 Å². The third-order valence-corrected chi connectivity index (χ3v) is 4.85. The lowest BCUT2D eigenvalue weighted by Gasteiger charge is -2.15. The number of aromatic nitrogens is 3. The van der Waals surface area contributed by atoms with Crippen molar-refractivity contribution in [1.82, 2.24) is 14.9 Å². The summed E-state index contributed by atoms with van der Waals surface area (Å²) in [7, 11) is 4.06. The van der Waals surface area contributed by atoms with Crippen LogP contribution in [0, 0.1) is 0 Å². The van der Waals surface area contributed by atoms with E-state index in [4.69, 9.17) is 5.10 Å². The van der Waals surface area contributed by atoms with Gasteiger partial charge < -0.3 is 4.90 Å². The van der Waals surface area contributed by atoms with E-state index in [-0.39, 0.29) is 0 Å². The topological polar surface area (TPSA) is 46.3 Å². The van der Waals surface area contributed by atoms with E-state index in [0.717, 1.165) is 39.3 Å². The van der Waals surface area contributed by atoms with Gasteiger partial charge in [0.2, 0.25) is 5.16 Å². The average Bonchev–Trinajstić information content (AvgIpc) is 3.05. The van der Waals surface area contributed by atoms with Gasteiger partial charge in [-0.3, -0.25) is 0 Å². The lowest BCUT2D eigenvalue weighted by molar-refractivity contribution is 0.762. The van der Waals surface area contributed by atoms with Crippen LogP contribution in [-0.2, 0) is 0 Å². The van der Waals surface area contributed by atoms with Crippen LogP contribution in [-0.4, -0.2) is 40.4 Å². The average molecular weight is 335 g/mol. The predicted octanol–water partition coefficient (Wildman–Crippen LogP) is 3.37. The third-order valence-electron chi connectivity index (χ3n) is 3.92. The van der Waals surface area contributed by atoms with E-state index in [1.165, 1.54) is 0 Å². The molecule has 0 bridgehead atoms. The number of anilines is 1. The van der Waals surface area contributed by atoms with Gasteiger partial charge in [-0.25, -0.2) is 0 Å². The fourth-order valence-electron chi connectivity index (χ4n) is 2.59. The number of benzene rings is 2. The van der Waals surface area contributed by atoms with Gasteiger partial charge in [-0.15, -0.1) is 10.2 Å². The molecule has 3 aromatic rings. The van der Waals surface area contributed by atoms with Gasteiger partial charge in [0, 0.05) is 31.1 Å². The molecule has 5 nitrogen and oxygen atoms in total. The Balaban J connectivity index is 1.74. The largest absolute Gasteiger partial charge is 0.378 e. The molecule has 0 unspecified atom stereocenters. The van der Waals surface area contributed by atoms with Crippen molar-refractivity contribution in [1.29, 1.82) is 0 Å². The minimum Gasteiger partial charge on any atom is -0.378 e. The summed E-state index contributed by atoms with van der Waals surface area (Å²) in [4.78, 5) is 2.07. The minimum atomic E-state index is 0.774. The Bertz CT molecular complexity index is 882. The molecule has 0 aliphatic carbocycles. The zero-order valence-electron chi connectivity index (χ0n) is 13.5. The molecule has 1 aliphatic rings. The highest BCUT2D eigenvalue weighted by atomic mass is 32.2. The number of hydrogen-bond acceptors (Lipinski definition) is 5. The molecule has 120 valence electrons. The summed E-state index contributed by atoms with van der Waals surface area (Å²) >= 11 is 1.67. The Hall–Kier alpha value is -2.60. The normalized spacial score (nSPS) is 13.3. The summed E-state index contributed by atoms with van der Waals surface area (Å²) < 4.78 is 1.85. The van der Waals surface area contributed by atoms with Gasteiger partial charge in [-0.05, 0) is 29.8 Å². The molecule has 0 saturated carbocycles. The molecule has 4 rings (SSSR count). The molecular formula is C18H17N5S. The van der Waals surface area contributed by atoms with E-state index in [2.05, 4.69) is 51.5 Å². The summed E-state index contributed by atoms with van der Waals surface area (Å²) in [5, 5.41) is 14.2. The maximum Gasteiger partial charge on any atom is 0.212 e. The smallest absolute Gasteiger partial charge is 0.212 e. The molecule has 0 amide bonds. The Morgan fingerprint density at radius 2 is 1.67 bits per heavy atom. The first-order valence-corrected chi connectivity index (χ1v) is 8.70. The van der Waals surface area contributed by atoms with Crippen LogP contribution in [0.15, 0.2) is 64.9 Å². The molecule has 0 saturated heterocycles. The molecule has 0 spiro atoms. The van der Waals surface area contributed by atoms with Crippen molar-refractivity contribution in [3.05, 3.63) is 60.2 Å². The monoisotopic (exact) mass is 335 g/mol. The van der Waals surface area contributed by atoms with Crippen molar-refractivity contribution >= 4 is 23.2 Å². The first kappa shape index (κ1) is 15.0. The number of fused-ring (bicyclic) bond motifs is 1. The Morgan fingerprint density at radius 3 is 2.38 bits per heavy atom. The molecule has 0 atom stereocenters. The molecule has 2 aromatic carbocycles. The van der Waals surface area contributed by atoms with E-state index in [1.807, 2.05) is 37.0 Å². The van der Waals surface area contributed by atoms with E-state index in [0.29, 0.717) is 0 Å². The molecule has 1 aromatic heterocycles. The fourth-order valence-corrected chi connectivity index (χ4v) is 3.43. The number of thioether (sulfide) groups is 1. The highest BCUT2D eigenvalue weighted by Gasteiger charge is 2.20. The van der Waals surface area contributed by atoms with Crippen molar-refractivity contribution < 1.29 is 0 Å². The van der Waals surface area contributed by atoms with Crippen LogP contribution in [0.5, 0.6) is 0 Å². The van der Waals surface area contributed by atoms with E-state index < -0.39 is 0 Å². The first-order valence-electron chi connectivity index (χ1n) is 7.71. The predicted molar refractivity (Wildman–Crippen MR) is 98.9 cm³/mol. The second-order valence-electron chi connectivity index (χ2n) is 5.76. The molecule has 6 heteroatoms. The summed E-state index contributed by atoms with van der Waals surface area (Å²) in [5.41, 5.74) is 4.34. The van der Waals surface area contributed by atoms with Crippen LogP contribution >= 0.6 is 11.8 Å². The molecule has 0 N–H and O–H groups in total. The standard InChI is InChI=1S/C18H17N5S/c1-22(2)15-10-8-14(9-11-15)17-19-20-18-23(17)21-16(12-24-18)13-6-4-3-5-7-13/h3-11H,12H2,1-2H3. The van der Waals surface area contributed by atoms with Crippen molar-refractivity contribution in [2.75, 3.05) is 24.7 Å². The number of hydrogen-bond donors (Lipinski definition) is 0. The summed E-state index contributed by atoms with van der Waals surface area (Å²) in [6, 6.07) is 18.5. The van der Waals surface area contributed by atoms with Gasteiger partial charge >= 0.3 is 0 Å². The van der Waals surface area contributed by atoms with Crippen LogP contribution in [0.2, 0.25) is 0 Å². The van der Waals surface area contributed by atoms with Crippen LogP contribution in [0.1, 0.15) is 5.56 Å². The molecule has 1 aliphatic heterocycles. The van der Waals surface area contributed by atoms with Gasteiger partial charge in [-0.2, -0.15) is 9.78 Å². The first-order chi connectivity index (χ1) is 11.7. The summed E-state index contributed by atoms with van der Waals surface area (Å²) in [6.07, 6.45) is 0. The fraction of sp³-hybridized carbons (Fsp3) is 0.167. The molecular weight excluding hydrogens is 318 g/mol. The number of rotatable bonds is 3. The quantitative estimate of drug-likeness (QED) is 0.736. The van der Waals surface area contributed by atoms with Gasteiger partial charge in [0.25, 0.3) is 0 Å². The zero-order chi connectivity index (χ0) is 16.5. The highest BCUT2D eigenvalue weighted by Crippen LogP contribution is 2.29. The van der Waals surface area contributed by atoms with Gasteiger partial charge in [-0.1, -0.05) is 42.1 Å². The van der Waals surface area contributed by atoms with E-state index in [1.54, 1.807) is 11.8 Å². The maximum atomic E-state index is 4.79. The Labute approximate surface area is 145 Å². The summed E-state index contributed by atoms with van der Waals surface area (Å²) in [5.74, 6) is 1.58. The Kier molecular flexibility index (Phi) is 3.82. The third kappa shape index (κ3) is 2.69. The van der Waals surface area contributed by atoms with Gasteiger partial charge in [0.1, 0.15) is 0 Å². The van der Waals surface area contributed by atoms with Gasteiger partial charge in [0.15, 0.2) is 5.82 Å². The van der Waals surface area contributed by atoms with Crippen LogP contribution in [0.4, 0.5) is 5.69 Å². The second-order valence-corrected chi connectivity index (χ2v) is 6.70. The van der Waals surface area contributed by atoms with E-state index >= 15 is 0 Å². The lowest BCUT2D eigenvalue weighted by atomic mass is 10.1.